The fourth-order valence-electron chi connectivity index (χ4n) is 3.85. The van der Waals surface area contributed by atoms with Crippen molar-refractivity contribution in [1.82, 2.24) is 19.9 Å². The fraction of sp³-hybridized carbons (Fsp3) is 0.333. The molecule has 0 atom stereocenters. The Balaban J connectivity index is 1.40. The third-order valence-corrected chi connectivity index (χ3v) is 5.42. The SMILES string of the molecule is O=C(c1ccc2ncccc2c1)N1CCc2ncnc(C3CC3)c2CC1. The van der Waals surface area contributed by atoms with Crippen molar-refractivity contribution in [2.75, 3.05) is 13.1 Å². The Morgan fingerprint density at radius 2 is 1.92 bits per heavy atom. The number of nitrogens with zero attached hydrogens (tertiary/aromatic N) is 4. The van der Waals surface area contributed by atoms with Gasteiger partial charge < -0.3 is 4.90 Å². The lowest BCUT2D eigenvalue weighted by Crippen LogP contribution is -2.33. The second-order valence-corrected chi connectivity index (χ2v) is 7.16. The highest BCUT2D eigenvalue weighted by Crippen LogP contribution is 2.41. The number of aromatic nitrogens is 3. The van der Waals surface area contributed by atoms with Gasteiger partial charge in [0.1, 0.15) is 6.33 Å². The Bertz CT molecular complexity index is 996. The minimum absolute atomic E-state index is 0.0875. The van der Waals surface area contributed by atoms with Crippen LogP contribution in [0.5, 0.6) is 0 Å². The molecule has 1 aliphatic heterocycles. The van der Waals surface area contributed by atoms with E-state index in [1.165, 1.54) is 24.1 Å². The molecule has 1 saturated carbocycles. The molecule has 3 heterocycles. The molecule has 2 aromatic heterocycles. The first-order valence-corrected chi connectivity index (χ1v) is 9.26. The van der Waals surface area contributed by atoms with Crippen molar-refractivity contribution >= 4 is 16.8 Å². The lowest BCUT2D eigenvalue weighted by Gasteiger charge is -2.20. The molecular formula is C21H20N4O. The summed E-state index contributed by atoms with van der Waals surface area (Å²) in [6.45, 7) is 1.43. The van der Waals surface area contributed by atoms with Crippen LogP contribution in [0.3, 0.4) is 0 Å². The zero-order valence-electron chi connectivity index (χ0n) is 14.6. The molecular weight excluding hydrogens is 324 g/mol. The van der Waals surface area contributed by atoms with Crippen LogP contribution in [0, 0.1) is 0 Å². The van der Waals surface area contributed by atoms with E-state index in [0.29, 0.717) is 12.5 Å². The van der Waals surface area contributed by atoms with Crippen LogP contribution in [-0.4, -0.2) is 38.8 Å². The van der Waals surface area contributed by atoms with Crippen LogP contribution in [0.25, 0.3) is 10.9 Å². The van der Waals surface area contributed by atoms with Gasteiger partial charge in [-0.1, -0.05) is 6.07 Å². The van der Waals surface area contributed by atoms with Crippen LogP contribution in [0.1, 0.15) is 46.1 Å². The Labute approximate surface area is 152 Å². The predicted molar refractivity (Wildman–Crippen MR) is 99.1 cm³/mol. The molecule has 5 nitrogen and oxygen atoms in total. The molecule has 0 radical (unpaired) electrons. The molecule has 0 spiro atoms. The molecule has 1 fully saturated rings. The second-order valence-electron chi connectivity index (χ2n) is 7.16. The van der Waals surface area contributed by atoms with Crippen LogP contribution in [0.15, 0.2) is 42.9 Å². The van der Waals surface area contributed by atoms with Crippen molar-refractivity contribution in [2.45, 2.75) is 31.6 Å². The monoisotopic (exact) mass is 344 g/mol. The van der Waals surface area contributed by atoms with E-state index in [9.17, 15) is 4.79 Å². The Kier molecular flexibility index (Phi) is 3.66. The average Bonchev–Trinajstić information content (AvgIpc) is 3.53. The number of benzene rings is 1. The van der Waals surface area contributed by atoms with Gasteiger partial charge in [0.15, 0.2) is 0 Å². The normalized spacial score (nSPS) is 17.0. The van der Waals surface area contributed by atoms with E-state index >= 15 is 0 Å². The quantitative estimate of drug-likeness (QED) is 0.716. The maximum atomic E-state index is 13.0. The van der Waals surface area contributed by atoms with E-state index in [-0.39, 0.29) is 5.91 Å². The zero-order chi connectivity index (χ0) is 17.5. The molecule has 1 amide bonds. The molecule has 2 aliphatic rings. The summed E-state index contributed by atoms with van der Waals surface area (Å²) in [5.41, 5.74) is 5.27. The maximum absolute atomic E-state index is 13.0. The summed E-state index contributed by atoms with van der Waals surface area (Å²) in [7, 11) is 0. The number of carbonyl (C=O) groups excluding carboxylic acids is 1. The van der Waals surface area contributed by atoms with Gasteiger partial charge in [-0.3, -0.25) is 9.78 Å². The van der Waals surface area contributed by atoms with Gasteiger partial charge in [0.05, 0.1) is 11.2 Å². The highest BCUT2D eigenvalue weighted by Gasteiger charge is 2.30. The van der Waals surface area contributed by atoms with Crippen molar-refractivity contribution in [1.29, 1.82) is 0 Å². The summed E-state index contributed by atoms with van der Waals surface area (Å²) in [6, 6.07) is 9.64. The second kappa shape index (κ2) is 6.16. The van der Waals surface area contributed by atoms with Crippen molar-refractivity contribution < 1.29 is 4.79 Å². The molecule has 5 rings (SSSR count). The summed E-state index contributed by atoms with van der Waals surface area (Å²) < 4.78 is 0. The molecule has 1 aliphatic carbocycles. The minimum Gasteiger partial charge on any atom is -0.338 e. The highest BCUT2D eigenvalue weighted by molar-refractivity contribution is 5.98. The van der Waals surface area contributed by atoms with E-state index in [1.807, 2.05) is 35.2 Å². The van der Waals surface area contributed by atoms with Crippen molar-refractivity contribution in [3.63, 3.8) is 0 Å². The lowest BCUT2D eigenvalue weighted by atomic mass is 10.0. The van der Waals surface area contributed by atoms with Crippen LogP contribution in [0.4, 0.5) is 0 Å². The summed E-state index contributed by atoms with van der Waals surface area (Å²) in [4.78, 5) is 28.4. The predicted octanol–water partition coefficient (Wildman–Crippen LogP) is 3.14. The van der Waals surface area contributed by atoms with E-state index in [0.717, 1.165) is 41.5 Å². The maximum Gasteiger partial charge on any atom is 0.253 e. The van der Waals surface area contributed by atoms with Crippen molar-refractivity contribution in [3.05, 3.63) is 65.4 Å². The third-order valence-electron chi connectivity index (χ3n) is 5.42. The molecule has 130 valence electrons. The number of rotatable bonds is 2. The summed E-state index contributed by atoms with van der Waals surface area (Å²) >= 11 is 0. The molecule has 0 bridgehead atoms. The number of hydrogen-bond donors (Lipinski definition) is 0. The Morgan fingerprint density at radius 1 is 1.04 bits per heavy atom. The number of pyridine rings is 1. The topological polar surface area (TPSA) is 59.0 Å². The number of amides is 1. The van der Waals surface area contributed by atoms with Crippen LogP contribution < -0.4 is 0 Å². The van der Waals surface area contributed by atoms with E-state index in [1.54, 1.807) is 12.5 Å². The van der Waals surface area contributed by atoms with Crippen molar-refractivity contribution in [3.8, 4) is 0 Å². The first-order chi connectivity index (χ1) is 12.8. The third kappa shape index (κ3) is 2.73. The smallest absolute Gasteiger partial charge is 0.253 e. The molecule has 5 heteroatoms. The molecule has 26 heavy (non-hydrogen) atoms. The molecule has 1 aromatic carbocycles. The van der Waals surface area contributed by atoms with Crippen molar-refractivity contribution in [2.24, 2.45) is 0 Å². The number of hydrogen-bond acceptors (Lipinski definition) is 4. The van der Waals surface area contributed by atoms with Gasteiger partial charge in [0.25, 0.3) is 5.91 Å². The number of carbonyl (C=O) groups is 1. The van der Waals surface area contributed by atoms with Crippen LogP contribution in [0.2, 0.25) is 0 Å². The Morgan fingerprint density at radius 3 is 2.81 bits per heavy atom. The van der Waals surface area contributed by atoms with E-state index in [4.69, 9.17) is 0 Å². The lowest BCUT2D eigenvalue weighted by molar-refractivity contribution is 0.0763. The first kappa shape index (κ1) is 15.4. The van der Waals surface area contributed by atoms with Gasteiger partial charge in [0.2, 0.25) is 0 Å². The van der Waals surface area contributed by atoms with Gasteiger partial charge in [-0.2, -0.15) is 0 Å². The summed E-state index contributed by atoms with van der Waals surface area (Å²) in [5.74, 6) is 0.700. The molecule has 0 saturated heterocycles. The molecule has 0 N–H and O–H groups in total. The molecule has 0 unspecified atom stereocenters. The summed E-state index contributed by atoms with van der Waals surface area (Å²) in [6.07, 6.45) is 7.59. The van der Waals surface area contributed by atoms with E-state index < -0.39 is 0 Å². The first-order valence-electron chi connectivity index (χ1n) is 9.26. The zero-order valence-corrected chi connectivity index (χ0v) is 14.6. The van der Waals surface area contributed by atoms with Crippen LogP contribution >= 0.6 is 0 Å². The fourth-order valence-corrected chi connectivity index (χ4v) is 3.85. The largest absolute Gasteiger partial charge is 0.338 e. The van der Waals surface area contributed by atoms with Gasteiger partial charge in [-0.25, -0.2) is 9.97 Å². The Hall–Kier alpha value is -2.82. The van der Waals surface area contributed by atoms with Gasteiger partial charge in [0, 0.05) is 48.3 Å². The van der Waals surface area contributed by atoms with Gasteiger partial charge in [-0.05, 0) is 49.1 Å². The van der Waals surface area contributed by atoms with Crippen LogP contribution in [-0.2, 0) is 12.8 Å². The average molecular weight is 344 g/mol. The van der Waals surface area contributed by atoms with E-state index in [2.05, 4.69) is 15.0 Å². The minimum atomic E-state index is 0.0875. The van der Waals surface area contributed by atoms with Gasteiger partial charge in [-0.15, -0.1) is 0 Å². The molecule has 3 aromatic rings. The highest BCUT2D eigenvalue weighted by atomic mass is 16.2. The number of fused-ring (bicyclic) bond motifs is 2. The summed E-state index contributed by atoms with van der Waals surface area (Å²) in [5, 5.41) is 0.998. The standard InChI is InChI=1S/C21H20N4O/c26-21(16-5-6-18-15(12-16)2-1-9-22-18)25-10-7-17-19(8-11-25)23-13-24-20(17)14-3-4-14/h1-2,5-6,9,12-14H,3-4,7-8,10-11H2. The van der Waals surface area contributed by atoms with Gasteiger partial charge >= 0.3 is 0 Å².